The Morgan fingerprint density at radius 1 is 1.23 bits per heavy atom. The number of aliphatic hydroxyl groups excluding tert-OH is 1. The lowest BCUT2D eigenvalue weighted by Gasteiger charge is -2.32. The van der Waals surface area contributed by atoms with Gasteiger partial charge in [0.15, 0.2) is 0 Å². The summed E-state index contributed by atoms with van der Waals surface area (Å²) in [6.07, 6.45) is 0.0932. The number of carbonyl (C=O) groups excluding carboxylic acids is 2. The zero-order chi connectivity index (χ0) is 16.7. The number of aliphatic hydroxyl groups is 1. The number of aryl methyl sites for hydroxylation is 2. The van der Waals surface area contributed by atoms with Crippen LogP contribution in [-0.2, 0) is 19.1 Å². The summed E-state index contributed by atoms with van der Waals surface area (Å²) in [4.78, 5) is 25.9. The molecule has 0 aromatic heterocycles. The molecule has 1 rings (SSSR count). The van der Waals surface area contributed by atoms with Crippen LogP contribution in [0.3, 0.4) is 0 Å². The summed E-state index contributed by atoms with van der Waals surface area (Å²) in [6.45, 7) is 3.33. The van der Waals surface area contributed by atoms with E-state index in [2.05, 4.69) is 0 Å². The fourth-order valence-corrected chi connectivity index (χ4v) is 2.44. The first kappa shape index (κ1) is 18.1. The van der Waals surface area contributed by atoms with E-state index in [0.29, 0.717) is 5.69 Å². The van der Waals surface area contributed by atoms with Crippen LogP contribution in [0, 0.1) is 13.8 Å². The van der Waals surface area contributed by atoms with Gasteiger partial charge in [0.05, 0.1) is 12.8 Å². The molecule has 0 saturated heterocycles. The third-order valence-corrected chi connectivity index (χ3v) is 3.40. The van der Waals surface area contributed by atoms with Gasteiger partial charge in [0.1, 0.15) is 12.6 Å². The maximum Gasteiger partial charge on any atom is 0.329 e. The molecule has 0 aliphatic carbocycles. The van der Waals surface area contributed by atoms with E-state index in [9.17, 15) is 14.7 Å². The maximum absolute atomic E-state index is 12.5. The van der Waals surface area contributed by atoms with Crippen LogP contribution in [0.2, 0.25) is 0 Å². The molecule has 0 heterocycles. The molecule has 1 aromatic rings. The molecule has 6 heteroatoms. The lowest BCUT2D eigenvalue weighted by Crippen LogP contribution is -2.48. The van der Waals surface area contributed by atoms with E-state index in [1.807, 2.05) is 32.0 Å². The molecule has 0 spiro atoms. The van der Waals surface area contributed by atoms with Crippen molar-refractivity contribution in [2.75, 3.05) is 32.3 Å². The number of rotatable bonds is 7. The molecule has 1 amide bonds. The summed E-state index contributed by atoms with van der Waals surface area (Å²) in [5.74, 6) is -0.926. The maximum atomic E-state index is 12.5. The number of para-hydroxylation sites is 1. The standard InChI is InChI=1S/C16H23NO5/c1-11-6-5-7-12(2)15(11)17(14(19)10-21-3)13(8-9-18)16(20)22-4/h5-7,13,18H,8-10H2,1-4H3/t13-/m0/s1. The molecule has 0 fully saturated rings. The lowest BCUT2D eigenvalue weighted by molar-refractivity contribution is -0.144. The Balaban J connectivity index is 3.39. The van der Waals surface area contributed by atoms with Crippen molar-refractivity contribution in [2.24, 2.45) is 0 Å². The van der Waals surface area contributed by atoms with Crippen LogP contribution < -0.4 is 4.90 Å². The van der Waals surface area contributed by atoms with Crippen molar-refractivity contribution >= 4 is 17.6 Å². The number of anilines is 1. The van der Waals surface area contributed by atoms with Crippen molar-refractivity contribution in [3.8, 4) is 0 Å². The van der Waals surface area contributed by atoms with E-state index >= 15 is 0 Å². The molecule has 0 aliphatic rings. The van der Waals surface area contributed by atoms with E-state index in [-0.39, 0.29) is 25.5 Å². The molecule has 0 bridgehead atoms. The molecule has 122 valence electrons. The van der Waals surface area contributed by atoms with Crippen molar-refractivity contribution in [3.63, 3.8) is 0 Å². The van der Waals surface area contributed by atoms with Gasteiger partial charge in [-0.05, 0) is 25.0 Å². The number of hydrogen-bond donors (Lipinski definition) is 1. The van der Waals surface area contributed by atoms with Gasteiger partial charge in [0, 0.05) is 20.1 Å². The van der Waals surface area contributed by atoms with E-state index in [0.717, 1.165) is 11.1 Å². The molecular weight excluding hydrogens is 286 g/mol. The number of esters is 1. The van der Waals surface area contributed by atoms with Crippen molar-refractivity contribution < 1.29 is 24.2 Å². The highest BCUT2D eigenvalue weighted by molar-refractivity contribution is 6.01. The Labute approximate surface area is 130 Å². The Hall–Kier alpha value is -1.92. The van der Waals surface area contributed by atoms with Gasteiger partial charge in [-0.25, -0.2) is 4.79 Å². The van der Waals surface area contributed by atoms with E-state index in [4.69, 9.17) is 9.47 Å². The van der Waals surface area contributed by atoms with Crippen LogP contribution in [0.25, 0.3) is 0 Å². The third kappa shape index (κ3) is 4.05. The van der Waals surface area contributed by atoms with Gasteiger partial charge in [0.25, 0.3) is 5.91 Å². The zero-order valence-corrected chi connectivity index (χ0v) is 13.5. The van der Waals surface area contributed by atoms with Gasteiger partial charge in [-0.3, -0.25) is 9.69 Å². The summed E-state index contributed by atoms with van der Waals surface area (Å²) in [7, 11) is 2.68. The highest BCUT2D eigenvalue weighted by atomic mass is 16.5. The van der Waals surface area contributed by atoms with Crippen LogP contribution in [0.4, 0.5) is 5.69 Å². The fourth-order valence-electron chi connectivity index (χ4n) is 2.44. The van der Waals surface area contributed by atoms with Gasteiger partial charge >= 0.3 is 5.97 Å². The average molecular weight is 309 g/mol. The molecular formula is C16H23NO5. The van der Waals surface area contributed by atoms with E-state index in [1.54, 1.807) is 0 Å². The first-order valence-corrected chi connectivity index (χ1v) is 7.03. The van der Waals surface area contributed by atoms with Crippen molar-refractivity contribution in [1.29, 1.82) is 0 Å². The topological polar surface area (TPSA) is 76.1 Å². The molecule has 0 aliphatic heterocycles. The summed E-state index contributed by atoms with van der Waals surface area (Å²) in [5, 5.41) is 9.25. The minimum Gasteiger partial charge on any atom is -0.467 e. The SMILES string of the molecule is COCC(=O)N(c1c(C)cccc1C)[C@@H](CCO)C(=O)OC. The summed E-state index contributed by atoms with van der Waals surface area (Å²) in [5.41, 5.74) is 2.36. The Morgan fingerprint density at radius 3 is 2.27 bits per heavy atom. The number of hydrogen-bond acceptors (Lipinski definition) is 5. The monoisotopic (exact) mass is 309 g/mol. The van der Waals surface area contributed by atoms with Crippen LogP contribution >= 0.6 is 0 Å². The number of methoxy groups -OCH3 is 2. The highest BCUT2D eigenvalue weighted by Crippen LogP contribution is 2.28. The van der Waals surface area contributed by atoms with Crippen LogP contribution in [-0.4, -0.2) is 50.5 Å². The Morgan fingerprint density at radius 2 is 1.82 bits per heavy atom. The van der Waals surface area contributed by atoms with Crippen LogP contribution in [0.5, 0.6) is 0 Å². The first-order valence-electron chi connectivity index (χ1n) is 7.03. The molecule has 1 N–H and O–H groups in total. The molecule has 6 nitrogen and oxygen atoms in total. The second-order valence-electron chi connectivity index (χ2n) is 4.99. The number of nitrogens with zero attached hydrogens (tertiary/aromatic N) is 1. The number of ether oxygens (including phenoxy) is 2. The molecule has 0 unspecified atom stereocenters. The quantitative estimate of drug-likeness (QED) is 0.766. The second kappa shape index (κ2) is 8.51. The average Bonchev–Trinajstić information content (AvgIpc) is 2.48. The summed E-state index contributed by atoms with van der Waals surface area (Å²) in [6, 6.07) is 4.72. The highest BCUT2D eigenvalue weighted by Gasteiger charge is 2.33. The summed E-state index contributed by atoms with van der Waals surface area (Å²) >= 11 is 0. The number of carbonyl (C=O) groups is 2. The predicted molar refractivity (Wildman–Crippen MR) is 82.8 cm³/mol. The summed E-state index contributed by atoms with van der Waals surface area (Å²) < 4.78 is 9.71. The van der Waals surface area contributed by atoms with E-state index in [1.165, 1.54) is 19.1 Å². The zero-order valence-electron chi connectivity index (χ0n) is 13.5. The molecule has 0 radical (unpaired) electrons. The first-order chi connectivity index (χ1) is 10.5. The van der Waals surface area contributed by atoms with Crippen LogP contribution in [0.15, 0.2) is 18.2 Å². The van der Waals surface area contributed by atoms with Crippen LogP contribution in [0.1, 0.15) is 17.5 Å². The molecule has 1 aromatic carbocycles. The predicted octanol–water partition coefficient (Wildman–Crippen LogP) is 1.21. The van der Waals surface area contributed by atoms with Crippen molar-refractivity contribution in [3.05, 3.63) is 29.3 Å². The largest absolute Gasteiger partial charge is 0.467 e. The number of amides is 1. The fraction of sp³-hybridized carbons (Fsp3) is 0.500. The van der Waals surface area contributed by atoms with Crippen molar-refractivity contribution in [1.82, 2.24) is 0 Å². The van der Waals surface area contributed by atoms with Gasteiger partial charge in [0.2, 0.25) is 0 Å². The molecule has 0 saturated carbocycles. The molecule has 22 heavy (non-hydrogen) atoms. The Bertz CT molecular complexity index is 509. The Kier molecular flexibility index (Phi) is 7.01. The molecule has 1 atom stereocenters. The minimum atomic E-state index is -0.891. The van der Waals surface area contributed by atoms with E-state index < -0.39 is 12.0 Å². The normalized spacial score (nSPS) is 11.9. The minimum absolute atomic E-state index is 0.0932. The van der Waals surface area contributed by atoms with Gasteiger partial charge in [-0.2, -0.15) is 0 Å². The number of benzene rings is 1. The van der Waals surface area contributed by atoms with Gasteiger partial charge in [-0.1, -0.05) is 18.2 Å². The van der Waals surface area contributed by atoms with Gasteiger partial charge in [-0.15, -0.1) is 0 Å². The third-order valence-electron chi connectivity index (χ3n) is 3.40. The lowest BCUT2D eigenvalue weighted by atomic mass is 10.0. The van der Waals surface area contributed by atoms with Crippen molar-refractivity contribution in [2.45, 2.75) is 26.3 Å². The smallest absolute Gasteiger partial charge is 0.329 e. The van der Waals surface area contributed by atoms with Gasteiger partial charge < -0.3 is 14.6 Å². The second-order valence-corrected chi connectivity index (χ2v) is 4.99.